The number of aromatic nitrogens is 2. The molecular formula is C21H19F2N3. The van der Waals surface area contributed by atoms with Gasteiger partial charge in [-0.3, -0.25) is 0 Å². The second kappa shape index (κ2) is 6.92. The van der Waals surface area contributed by atoms with E-state index in [0.29, 0.717) is 23.4 Å². The van der Waals surface area contributed by atoms with Crippen LogP contribution in [0.5, 0.6) is 0 Å². The van der Waals surface area contributed by atoms with Crippen molar-refractivity contribution >= 4 is 0 Å². The zero-order chi connectivity index (χ0) is 18.1. The Kier molecular flexibility index (Phi) is 4.47. The normalized spacial score (nSPS) is 17.6. The molecule has 0 fully saturated rings. The van der Waals surface area contributed by atoms with Crippen molar-refractivity contribution < 1.29 is 8.78 Å². The Hall–Kier alpha value is -2.66. The van der Waals surface area contributed by atoms with Gasteiger partial charge in [-0.05, 0) is 67.0 Å². The zero-order valence-electron chi connectivity index (χ0n) is 14.5. The van der Waals surface area contributed by atoms with E-state index in [1.54, 1.807) is 36.5 Å². The van der Waals surface area contributed by atoms with Gasteiger partial charge in [-0.2, -0.15) is 10.2 Å². The molecule has 0 spiro atoms. The maximum Gasteiger partial charge on any atom is 0.132 e. The minimum absolute atomic E-state index is 0.165. The van der Waals surface area contributed by atoms with E-state index < -0.39 is 0 Å². The van der Waals surface area contributed by atoms with Crippen LogP contribution in [0.1, 0.15) is 29.0 Å². The first kappa shape index (κ1) is 16.8. The highest BCUT2D eigenvalue weighted by Crippen LogP contribution is 2.37. The lowest BCUT2D eigenvalue weighted by atomic mass is 9.85. The van der Waals surface area contributed by atoms with Crippen LogP contribution in [0.25, 0.3) is 11.3 Å². The van der Waals surface area contributed by atoms with E-state index in [9.17, 15) is 8.78 Å². The first-order valence-electron chi connectivity index (χ1n) is 8.67. The third-order valence-corrected chi connectivity index (χ3v) is 4.97. The lowest BCUT2D eigenvalue weighted by Gasteiger charge is -2.19. The summed E-state index contributed by atoms with van der Waals surface area (Å²) >= 11 is 0. The summed E-state index contributed by atoms with van der Waals surface area (Å²) in [6.07, 6.45) is 2.31. The van der Waals surface area contributed by atoms with Crippen molar-refractivity contribution in [3.63, 3.8) is 0 Å². The second-order valence-electron chi connectivity index (χ2n) is 6.74. The molecule has 0 amide bonds. The fourth-order valence-corrected chi connectivity index (χ4v) is 3.69. The SMILES string of the molecule is CN1CCC(c2ccccc2F)c2cc(F)c(-c3cccnn3)cc2C1. The van der Waals surface area contributed by atoms with E-state index in [-0.39, 0.29) is 17.6 Å². The number of hydrogen-bond acceptors (Lipinski definition) is 3. The molecule has 1 aliphatic rings. The standard InChI is InChI=1S/C21H19F2N3/c1-26-10-8-15(16-5-2-3-6-19(16)22)17-12-20(23)18(11-14(17)13-26)21-7-4-9-24-25-21/h2-7,9,11-12,15H,8,10,13H2,1H3. The monoisotopic (exact) mass is 351 g/mol. The molecule has 132 valence electrons. The molecule has 1 unspecified atom stereocenters. The van der Waals surface area contributed by atoms with Crippen LogP contribution in [0.3, 0.4) is 0 Å². The summed E-state index contributed by atoms with van der Waals surface area (Å²) in [5, 5.41) is 7.87. The van der Waals surface area contributed by atoms with Crippen molar-refractivity contribution in [2.24, 2.45) is 0 Å². The molecular weight excluding hydrogens is 332 g/mol. The maximum atomic E-state index is 14.9. The topological polar surface area (TPSA) is 29.0 Å². The number of fused-ring (bicyclic) bond motifs is 1. The predicted octanol–water partition coefficient (Wildman–Crippen LogP) is 4.39. The van der Waals surface area contributed by atoms with Crippen molar-refractivity contribution in [2.45, 2.75) is 18.9 Å². The minimum Gasteiger partial charge on any atom is -0.302 e. The second-order valence-corrected chi connectivity index (χ2v) is 6.74. The van der Waals surface area contributed by atoms with E-state index in [1.165, 1.54) is 6.07 Å². The van der Waals surface area contributed by atoms with Crippen LogP contribution in [0.15, 0.2) is 54.7 Å². The van der Waals surface area contributed by atoms with E-state index in [4.69, 9.17) is 0 Å². The number of benzene rings is 2. The molecule has 3 nitrogen and oxygen atoms in total. The Morgan fingerprint density at radius 1 is 1.00 bits per heavy atom. The molecule has 2 heterocycles. The van der Waals surface area contributed by atoms with Gasteiger partial charge in [0.2, 0.25) is 0 Å². The smallest absolute Gasteiger partial charge is 0.132 e. The first-order valence-corrected chi connectivity index (χ1v) is 8.67. The molecule has 4 rings (SSSR count). The van der Waals surface area contributed by atoms with Gasteiger partial charge in [0.05, 0.1) is 5.69 Å². The van der Waals surface area contributed by atoms with Crippen LogP contribution >= 0.6 is 0 Å². The Bertz CT molecular complexity index is 928. The molecule has 3 aromatic rings. The molecule has 0 saturated carbocycles. The predicted molar refractivity (Wildman–Crippen MR) is 96.6 cm³/mol. The van der Waals surface area contributed by atoms with Gasteiger partial charge in [0.15, 0.2) is 0 Å². The van der Waals surface area contributed by atoms with E-state index in [1.807, 2.05) is 19.2 Å². The zero-order valence-corrected chi connectivity index (χ0v) is 14.5. The molecule has 1 aliphatic heterocycles. The summed E-state index contributed by atoms with van der Waals surface area (Å²) in [6.45, 7) is 1.50. The van der Waals surface area contributed by atoms with Gasteiger partial charge in [-0.1, -0.05) is 18.2 Å². The molecule has 0 N–H and O–H groups in total. The fourth-order valence-electron chi connectivity index (χ4n) is 3.69. The summed E-state index contributed by atoms with van der Waals surface area (Å²) in [4.78, 5) is 2.18. The van der Waals surface area contributed by atoms with E-state index >= 15 is 0 Å². The Balaban J connectivity index is 1.87. The lowest BCUT2D eigenvalue weighted by Crippen LogP contribution is -2.17. The van der Waals surface area contributed by atoms with Gasteiger partial charge in [-0.15, -0.1) is 0 Å². The highest BCUT2D eigenvalue weighted by atomic mass is 19.1. The van der Waals surface area contributed by atoms with Crippen molar-refractivity contribution in [2.75, 3.05) is 13.6 Å². The van der Waals surface area contributed by atoms with Gasteiger partial charge >= 0.3 is 0 Å². The van der Waals surface area contributed by atoms with Crippen LogP contribution < -0.4 is 0 Å². The average molecular weight is 351 g/mol. The quantitative estimate of drug-likeness (QED) is 0.686. The molecule has 0 radical (unpaired) electrons. The van der Waals surface area contributed by atoms with E-state index in [0.717, 1.165) is 24.1 Å². The van der Waals surface area contributed by atoms with Crippen molar-refractivity contribution in [1.82, 2.24) is 15.1 Å². The van der Waals surface area contributed by atoms with Crippen molar-refractivity contribution in [3.8, 4) is 11.3 Å². The van der Waals surface area contributed by atoms with Crippen LogP contribution in [0.2, 0.25) is 0 Å². The highest BCUT2D eigenvalue weighted by molar-refractivity contribution is 5.62. The van der Waals surface area contributed by atoms with Crippen molar-refractivity contribution in [3.05, 3.63) is 83.1 Å². The lowest BCUT2D eigenvalue weighted by molar-refractivity contribution is 0.327. The van der Waals surface area contributed by atoms with Crippen LogP contribution in [0, 0.1) is 11.6 Å². The van der Waals surface area contributed by atoms with Gasteiger partial charge in [0.25, 0.3) is 0 Å². The molecule has 2 aromatic carbocycles. The van der Waals surface area contributed by atoms with Gasteiger partial charge in [0, 0.05) is 24.2 Å². The van der Waals surface area contributed by atoms with Crippen LogP contribution in [-0.4, -0.2) is 28.7 Å². The molecule has 0 bridgehead atoms. The summed E-state index contributed by atoms with van der Waals surface area (Å²) in [5.41, 5.74) is 3.40. The Labute approximate surface area is 151 Å². The third kappa shape index (κ3) is 3.10. The Morgan fingerprint density at radius 3 is 2.62 bits per heavy atom. The minimum atomic E-state index is -0.352. The molecule has 0 saturated heterocycles. The number of hydrogen-bond donors (Lipinski definition) is 0. The number of halogens is 2. The van der Waals surface area contributed by atoms with Crippen LogP contribution in [-0.2, 0) is 6.54 Å². The first-order chi connectivity index (χ1) is 12.6. The number of rotatable bonds is 2. The summed E-state index contributed by atoms with van der Waals surface area (Å²) in [7, 11) is 2.03. The summed E-state index contributed by atoms with van der Waals surface area (Å²) < 4.78 is 29.3. The van der Waals surface area contributed by atoms with Gasteiger partial charge in [-0.25, -0.2) is 8.78 Å². The van der Waals surface area contributed by atoms with Crippen molar-refractivity contribution in [1.29, 1.82) is 0 Å². The molecule has 1 atom stereocenters. The summed E-state index contributed by atoms with van der Waals surface area (Å²) in [5.74, 6) is -0.761. The summed E-state index contributed by atoms with van der Waals surface area (Å²) in [6, 6.07) is 13.6. The number of nitrogens with zero attached hydrogens (tertiary/aromatic N) is 3. The molecule has 26 heavy (non-hydrogen) atoms. The maximum absolute atomic E-state index is 14.9. The highest BCUT2D eigenvalue weighted by Gasteiger charge is 2.26. The van der Waals surface area contributed by atoms with E-state index in [2.05, 4.69) is 15.1 Å². The fraction of sp³-hybridized carbons (Fsp3) is 0.238. The van der Waals surface area contributed by atoms with Gasteiger partial charge in [0.1, 0.15) is 11.6 Å². The molecule has 5 heteroatoms. The average Bonchev–Trinajstić information content (AvgIpc) is 2.80. The molecule has 1 aromatic heterocycles. The van der Waals surface area contributed by atoms with Crippen LogP contribution in [0.4, 0.5) is 8.78 Å². The van der Waals surface area contributed by atoms with Gasteiger partial charge < -0.3 is 4.90 Å². The third-order valence-electron chi connectivity index (χ3n) is 4.97. The Morgan fingerprint density at radius 2 is 1.85 bits per heavy atom. The molecule has 0 aliphatic carbocycles. The largest absolute Gasteiger partial charge is 0.302 e.